The molecule has 14 heavy (non-hydrogen) atoms. The Labute approximate surface area is 85.2 Å². The Kier molecular flexibility index (Phi) is 4.90. The summed E-state index contributed by atoms with van der Waals surface area (Å²) >= 11 is 0. The third-order valence-electron chi connectivity index (χ3n) is 2.47. The lowest BCUT2D eigenvalue weighted by atomic mass is 9.89. The van der Waals surface area contributed by atoms with Crippen LogP contribution in [0.5, 0.6) is 0 Å². The zero-order chi connectivity index (χ0) is 10.4. The second-order valence-corrected chi connectivity index (χ2v) is 3.71. The molecule has 1 aliphatic rings. The maximum Gasteiger partial charge on any atom is 0.220 e. The molecule has 0 unspecified atom stereocenters. The van der Waals surface area contributed by atoms with Gasteiger partial charge in [-0.05, 0) is 32.7 Å². The second kappa shape index (κ2) is 5.98. The maximum absolute atomic E-state index is 11.3. The highest BCUT2D eigenvalue weighted by molar-refractivity contribution is 5.76. The number of nitrogens with two attached hydrogens (primary N) is 1. The van der Waals surface area contributed by atoms with E-state index in [1.165, 1.54) is 0 Å². The first-order chi connectivity index (χ1) is 6.76. The van der Waals surface area contributed by atoms with Crippen LogP contribution in [0.15, 0.2) is 0 Å². The Morgan fingerprint density at radius 3 is 2.86 bits per heavy atom. The van der Waals surface area contributed by atoms with Crippen molar-refractivity contribution in [1.82, 2.24) is 5.32 Å². The van der Waals surface area contributed by atoms with Gasteiger partial charge in [0, 0.05) is 19.1 Å². The molecule has 1 rings (SSSR count). The molecule has 0 bridgehead atoms. The van der Waals surface area contributed by atoms with E-state index in [2.05, 4.69) is 5.32 Å². The van der Waals surface area contributed by atoms with Crippen LogP contribution >= 0.6 is 0 Å². The SMILES string of the molecule is CCOC1CC(NC(=O)CCCN)C1. The van der Waals surface area contributed by atoms with Gasteiger partial charge in [-0.2, -0.15) is 0 Å². The van der Waals surface area contributed by atoms with Crippen LogP contribution in [0.2, 0.25) is 0 Å². The Morgan fingerprint density at radius 1 is 1.57 bits per heavy atom. The van der Waals surface area contributed by atoms with Gasteiger partial charge in [0.1, 0.15) is 0 Å². The lowest BCUT2D eigenvalue weighted by Gasteiger charge is -2.35. The molecule has 1 saturated carbocycles. The molecule has 82 valence electrons. The number of amides is 1. The van der Waals surface area contributed by atoms with Gasteiger partial charge >= 0.3 is 0 Å². The van der Waals surface area contributed by atoms with Crippen molar-refractivity contribution >= 4 is 5.91 Å². The summed E-state index contributed by atoms with van der Waals surface area (Å²) in [4.78, 5) is 11.3. The highest BCUT2D eigenvalue weighted by Gasteiger charge is 2.30. The van der Waals surface area contributed by atoms with Crippen molar-refractivity contribution in [3.05, 3.63) is 0 Å². The summed E-state index contributed by atoms with van der Waals surface area (Å²) < 4.78 is 5.40. The molecule has 0 saturated heterocycles. The van der Waals surface area contributed by atoms with Crippen LogP contribution in [-0.4, -0.2) is 31.2 Å². The van der Waals surface area contributed by atoms with Gasteiger partial charge in [-0.3, -0.25) is 4.79 Å². The largest absolute Gasteiger partial charge is 0.378 e. The Bertz CT molecular complexity index is 179. The fraction of sp³-hybridized carbons (Fsp3) is 0.900. The fourth-order valence-corrected chi connectivity index (χ4v) is 1.62. The predicted molar refractivity (Wildman–Crippen MR) is 54.9 cm³/mol. The van der Waals surface area contributed by atoms with Gasteiger partial charge in [0.2, 0.25) is 5.91 Å². The van der Waals surface area contributed by atoms with Gasteiger partial charge in [-0.15, -0.1) is 0 Å². The van der Waals surface area contributed by atoms with Crippen molar-refractivity contribution in [2.75, 3.05) is 13.2 Å². The van der Waals surface area contributed by atoms with E-state index < -0.39 is 0 Å². The summed E-state index contributed by atoms with van der Waals surface area (Å²) in [5.74, 6) is 0.121. The van der Waals surface area contributed by atoms with E-state index >= 15 is 0 Å². The predicted octanol–water partition coefficient (Wildman–Crippen LogP) is 0.409. The average Bonchev–Trinajstić information content (AvgIpc) is 2.11. The van der Waals surface area contributed by atoms with Crippen LogP contribution < -0.4 is 11.1 Å². The molecule has 0 aromatic rings. The lowest BCUT2D eigenvalue weighted by Crippen LogP contribution is -2.47. The lowest BCUT2D eigenvalue weighted by molar-refractivity contribution is -0.123. The minimum Gasteiger partial charge on any atom is -0.378 e. The number of rotatable bonds is 6. The number of hydrogen-bond acceptors (Lipinski definition) is 3. The minimum absolute atomic E-state index is 0.121. The van der Waals surface area contributed by atoms with Crippen LogP contribution in [0, 0.1) is 0 Å². The second-order valence-electron chi connectivity index (χ2n) is 3.71. The van der Waals surface area contributed by atoms with E-state index in [9.17, 15) is 4.79 Å². The summed E-state index contributed by atoms with van der Waals surface area (Å²) in [7, 11) is 0. The molecule has 0 aliphatic heterocycles. The Morgan fingerprint density at radius 2 is 2.29 bits per heavy atom. The third kappa shape index (κ3) is 3.64. The molecule has 0 aromatic heterocycles. The topological polar surface area (TPSA) is 64.3 Å². The van der Waals surface area contributed by atoms with Crippen molar-refractivity contribution in [2.24, 2.45) is 5.73 Å². The monoisotopic (exact) mass is 200 g/mol. The van der Waals surface area contributed by atoms with Gasteiger partial charge in [0.15, 0.2) is 0 Å². The normalized spacial score (nSPS) is 25.6. The van der Waals surface area contributed by atoms with Gasteiger partial charge in [-0.25, -0.2) is 0 Å². The number of nitrogens with one attached hydrogen (secondary N) is 1. The van der Waals surface area contributed by atoms with Crippen molar-refractivity contribution in [3.8, 4) is 0 Å². The highest BCUT2D eigenvalue weighted by Crippen LogP contribution is 2.23. The fourth-order valence-electron chi connectivity index (χ4n) is 1.62. The first kappa shape index (κ1) is 11.5. The quantitative estimate of drug-likeness (QED) is 0.652. The first-order valence-electron chi connectivity index (χ1n) is 5.37. The smallest absolute Gasteiger partial charge is 0.220 e. The van der Waals surface area contributed by atoms with Gasteiger partial charge in [-0.1, -0.05) is 0 Å². The average molecular weight is 200 g/mol. The van der Waals surface area contributed by atoms with E-state index in [4.69, 9.17) is 10.5 Å². The summed E-state index contributed by atoms with van der Waals surface area (Å²) in [5.41, 5.74) is 5.32. The zero-order valence-electron chi connectivity index (χ0n) is 8.79. The van der Waals surface area contributed by atoms with E-state index in [0.717, 1.165) is 25.9 Å². The van der Waals surface area contributed by atoms with E-state index in [0.29, 0.717) is 25.1 Å². The standard InChI is InChI=1S/C10H20N2O2/c1-2-14-9-6-8(7-9)12-10(13)4-3-5-11/h8-9H,2-7,11H2,1H3,(H,12,13). The molecule has 0 heterocycles. The summed E-state index contributed by atoms with van der Waals surface area (Å²) in [6.45, 7) is 3.34. The molecule has 0 atom stereocenters. The van der Waals surface area contributed by atoms with E-state index in [-0.39, 0.29) is 5.91 Å². The van der Waals surface area contributed by atoms with Crippen molar-refractivity contribution in [2.45, 2.75) is 44.8 Å². The van der Waals surface area contributed by atoms with Gasteiger partial charge in [0.05, 0.1) is 6.10 Å². The van der Waals surface area contributed by atoms with Crippen LogP contribution in [0.3, 0.4) is 0 Å². The molecule has 1 fully saturated rings. The number of hydrogen-bond donors (Lipinski definition) is 2. The number of carbonyl (C=O) groups is 1. The molecular weight excluding hydrogens is 180 g/mol. The highest BCUT2D eigenvalue weighted by atomic mass is 16.5. The number of ether oxygens (including phenoxy) is 1. The van der Waals surface area contributed by atoms with Crippen LogP contribution in [0.25, 0.3) is 0 Å². The summed E-state index contributed by atoms with van der Waals surface area (Å²) in [6.07, 6.45) is 3.60. The molecule has 1 aliphatic carbocycles. The summed E-state index contributed by atoms with van der Waals surface area (Å²) in [6, 6.07) is 0.330. The summed E-state index contributed by atoms with van der Waals surface area (Å²) in [5, 5.41) is 2.97. The first-order valence-corrected chi connectivity index (χ1v) is 5.37. The minimum atomic E-state index is 0.121. The van der Waals surface area contributed by atoms with Crippen molar-refractivity contribution < 1.29 is 9.53 Å². The molecule has 0 radical (unpaired) electrons. The number of carbonyl (C=O) groups excluding carboxylic acids is 1. The molecule has 0 aromatic carbocycles. The Balaban J connectivity index is 2.01. The molecule has 0 spiro atoms. The molecule has 4 nitrogen and oxygen atoms in total. The van der Waals surface area contributed by atoms with Crippen LogP contribution in [0.1, 0.15) is 32.6 Å². The van der Waals surface area contributed by atoms with Crippen molar-refractivity contribution in [3.63, 3.8) is 0 Å². The Hall–Kier alpha value is -0.610. The maximum atomic E-state index is 11.3. The van der Waals surface area contributed by atoms with Crippen LogP contribution in [0.4, 0.5) is 0 Å². The molecule has 1 amide bonds. The molecule has 3 N–H and O–H groups in total. The van der Waals surface area contributed by atoms with E-state index in [1.54, 1.807) is 0 Å². The van der Waals surface area contributed by atoms with Gasteiger partial charge in [0.25, 0.3) is 0 Å². The molecular formula is C10H20N2O2. The molecule has 4 heteroatoms. The van der Waals surface area contributed by atoms with Crippen LogP contribution in [-0.2, 0) is 9.53 Å². The van der Waals surface area contributed by atoms with Gasteiger partial charge < -0.3 is 15.8 Å². The van der Waals surface area contributed by atoms with E-state index in [1.807, 2.05) is 6.92 Å². The zero-order valence-corrected chi connectivity index (χ0v) is 8.79. The third-order valence-corrected chi connectivity index (χ3v) is 2.47. The van der Waals surface area contributed by atoms with Crippen molar-refractivity contribution in [1.29, 1.82) is 0 Å².